The van der Waals surface area contributed by atoms with Crippen molar-refractivity contribution in [2.45, 2.75) is 51.1 Å². The molecule has 1 saturated carbocycles. The molecule has 0 aromatic rings. The molecule has 0 bridgehead atoms. The largest absolute Gasteiger partial charge is 0.370 e. The Morgan fingerprint density at radius 1 is 1.50 bits per heavy atom. The molecule has 0 amide bonds. The van der Waals surface area contributed by atoms with Crippen molar-refractivity contribution in [1.82, 2.24) is 5.32 Å². The van der Waals surface area contributed by atoms with Gasteiger partial charge in [0.2, 0.25) is 0 Å². The van der Waals surface area contributed by atoms with E-state index >= 15 is 0 Å². The quantitative estimate of drug-likeness (QED) is 0.397. The zero-order chi connectivity index (χ0) is 10.6. The van der Waals surface area contributed by atoms with Crippen molar-refractivity contribution < 1.29 is 0 Å². The van der Waals surface area contributed by atoms with Crippen molar-refractivity contribution in [2.24, 2.45) is 17.4 Å². The molecule has 4 nitrogen and oxygen atoms in total. The summed E-state index contributed by atoms with van der Waals surface area (Å²) in [6.45, 7) is 2.20. The lowest BCUT2D eigenvalue weighted by Crippen LogP contribution is -2.38. The molecule has 14 heavy (non-hydrogen) atoms. The zero-order valence-corrected chi connectivity index (χ0v) is 8.92. The third-order valence-electron chi connectivity index (χ3n) is 3.04. The Hall–Kier alpha value is -0.770. The topological polar surface area (TPSA) is 87.9 Å². The molecule has 3 atom stereocenters. The van der Waals surface area contributed by atoms with Crippen molar-refractivity contribution in [3.8, 4) is 0 Å². The first-order chi connectivity index (χ1) is 6.63. The van der Waals surface area contributed by atoms with Gasteiger partial charge in [-0.25, -0.2) is 0 Å². The molecule has 0 spiro atoms. The van der Waals surface area contributed by atoms with Gasteiger partial charge >= 0.3 is 0 Å². The Morgan fingerprint density at radius 3 is 2.79 bits per heavy atom. The second kappa shape index (κ2) is 5.20. The Bertz CT molecular complexity index is 193. The van der Waals surface area contributed by atoms with Crippen LogP contribution in [0.2, 0.25) is 0 Å². The number of nitrogens with one attached hydrogen (secondary N) is 2. The highest BCUT2D eigenvalue weighted by molar-refractivity contribution is 5.74. The molecule has 1 aliphatic rings. The Morgan fingerprint density at radius 2 is 2.21 bits per heavy atom. The molecule has 1 fully saturated rings. The minimum atomic E-state index is 0.0679. The van der Waals surface area contributed by atoms with Crippen LogP contribution in [0, 0.1) is 11.3 Å². The van der Waals surface area contributed by atoms with Crippen LogP contribution in [0.1, 0.15) is 39.0 Å². The molecule has 4 heteroatoms. The predicted molar refractivity (Wildman–Crippen MR) is 59.1 cm³/mol. The molecular weight excluding hydrogens is 176 g/mol. The third-order valence-corrected chi connectivity index (χ3v) is 3.04. The molecule has 0 aliphatic heterocycles. The van der Waals surface area contributed by atoms with E-state index in [2.05, 4.69) is 12.2 Å². The fourth-order valence-electron chi connectivity index (χ4n) is 2.29. The van der Waals surface area contributed by atoms with Crippen LogP contribution in [-0.4, -0.2) is 18.0 Å². The summed E-state index contributed by atoms with van der Waals surface area (Å²) in [5, 5.41) is 10.1. The minimum absolute atomic E-state index is 0.0679. The van der Waals surface area contributed by atoms with Crippen LogP contribution in [0.15, 0.2) is 0 Å². The molecule has 0 heterocycles. The maximum Gasteiger partial charge on any atom is 0.185 e. The van der Waals surface area contributed by atoms with E-state index in [0.29, 0.717) is 18.0 Å². The van der Waals surface area contributed by atoms with E-state index in [1.54, 1.807) is 0 Å². The van der Waals surface area contributed by atoms with Crippen LogP contribution in [-0.2, 0) is 0 Å². The summed E-state index contributed by atoms with van der Waals surface area (Å²) >= 11 is 0. The van der Waals surface area contributed by atoms with Crippen LogP contribution in [0.25, 0.3) is 0 Å². The third kappa shape index (κ3) is 3.18. The molecule has 1 rings (SSSR count). The standard InChI is InChI=1S/C10H22N4/c1-2-3-4-7-5-8(6-9(7)11)14-10(12)13/h7-9H,2-6,11H2,1H3,(H4,12,13,14)/t7-,8-,9-/m1/s1. The van der Waals surface area contributed by atoms with Gasteiger partial charge in [-0.3, -0.25) is 5.41 Å². The molecule has 0 aromatic heterocycles. The number of nitrogens with two attached hydrogens (primary N) is 2. The molecule has 0 unspecified atom stereocenters. The summed E-state index contributed by atoms with van der Waals surface area (Å²) < 4.78 is 0. The average molecular weight is 198 g/mol. The average Bonchev–Trinajstić information content (AvgIpc) is 2.41. The second-order valence-electron chi connectivity index (χ2n) is 4.29. The summed E-state index contributed by atoms with van der Waals surface area (Å²) in [6.07, 6.45) is 5.72. The highest BCUT2D eigenvalue weighted by atomic mass is 15.1. The Kier molecular flexibility index (Phi) is 4.20. The van der Waals surface area contributed by atoms with E-state index in [4.69, 9.17) is 16.9 Å². The Balaban J connectivity index is 2.31. The highest BCUT2D eigenvalue weighted by Crippen LogP contribution is 2.28. The zero-order valence-electron chi connectivity index (χ0n) is 8.92. The normalized spacial score (nSPS) is 31.7. The fraction of sp³-hybridized carbons (Fsp3) is 0.900. The van der Waals surface area contributed by atoms with E-state index in [0.717, 1.165) is 12.8 Å². The molecule has 1 aliphatic carbocycles. The second-order valence-corrected chi connectivity index (χ2v) is 4.29. The molecule has 0 aromatic carbocycles. The lowest BCUT2D eigenvalue weighted by atomic mass is 9.97. The molecule has 82 valence electrons. The number of hydrogen-bond acceptors (Lipinski definition) is 2. The molecule has 0 saturated heterocycles. The first-order valence-electron chi connectivity index (χ1n) is 5.49. The monoisotopic (exact) mass is 198 g/mol. The smallest absolute Gasteiger partial charge is 0.185 e. The lowest BCUT2D eigenvalue weighted by Gasteiger charge is -2.13. The van der Waals surface area contributed by atoms with Gasteiger partial charge in [0.15, 0.2) is 5.96 Å². The van der Waals surface area contributed by atoms with E-state index in [9.17, 15) is 0 Å². The minimum Gasteiger partial charge on any atom is -0.370 e. The lowest BCUT2D eigenvalue weighted by molar-refractivity contribution is 0.427. The van der Waals surface area contributed by atoms with Gasteiger partial charge in [-0.15, -0.1) is 0 Å². The number of guanidine groups is 1. The first kappa shape index (κ1) is 11.3. The van der Waals surface area contributed by atoms with Crippen molar-refractivity contribution in [1.29, 1.82) is 5.41 Å². The van der Waals surface area contributed by atoms with Crippen molar-refractivity contribution in [2.75, 3.05) is 0 Å². The number of rotatable bonds is 4. The SMILES string of the molecule is CCCC[C@@H]1C[C@@H](NC(=N)N)C[C@H]1N. The van der Waals surface area contributed by atoms with Gasteiger partial charge in [-0.2, -0.15) is 0 Å². The van der Waals surface area contributed by atoms with Gasteiger partial charge in [-0.1, -0.05) is 19.8 Å². The summed E-state index contributed by atoms with van der Waals surface area (Å²) in [5.74, 6) is 0.685. The van der Waals surface area contributed by atoms with Crippen LogP contribution in [0.5, 0.6) is 0 Å². The van der Waals surface area contributed by atoms with Crippen molar-refractivity contribution >= 4 is 5.96 Å². The van der Waals surface area contributed by atoms with Crippen LogP contribution in [0.4, 0.5) is 0 Å². The number of unbranched alkanes of at least 4 members (excludes halogenated alkanes) is 1. The summed E-state index contributed by atoms with van der Waals surface area (Å²) in [7, 11) is 0. The highest BCUT2D eigenvalue weighted by Gasteiger charge is 2.31. The number of hydrogen-bond donors (Lipinski definition) is 4. The molecule has 6 N–H and O–H groups in total. The van der Waals surface area contributed by atoms with Gasteiger partial charge in [0.1, 0.15) is 0 Å². The van der Waals surface area contributed by atoms with Gasteiger partial charge in [0, 0.05) is 12.1 Å². The predicted octanol–water partition coefficient (Wildman–Crippen LogP) is 0.766. The van der Waals surface area contributed by atoms with E-state index < -0.39 is 0 Å². The summed E-state index contributed by atoms with van der Waals surface area (Å²) in [6, 6.07) is 0.614. The van der Waals surface area contributed by atoms with Crippen LogP contribution in [0.3, 0.4) is 0 Å². The van der Waals surface area contributed by atoms with Crippen LogP contribution < -0.4 is 16.8 Å². The van der Waals surface area contributed by atoms with Crippen LogP contribution >= 0.6 is 0 Å². The maximum atomic E-state index is 7.15. The van der Waals surface area contributed by atoms with Gasteiger partial charge in [0.05, 0.1) is 0 Å². The van der Waals surface area contributed by atoms with Gasteiger partial charge < -0.3 is 16.8 Å². The van der Waals surface area contributed by atoms with E-state index in [-0.39, 0.29) is 5.96 Å². The van der Waals surface area contributed by atoms with Gasteiger partial charge in [0.25, 0.3) is 0 Å². The van der Waals surface area contributed by atoms with E-state index in [1.807, 2.05) is 0 Å². The molecular formula is C10H22N4. The summed E-state index contributed by atoms with van der Waals surface area (Å²) in [4.78, 5) is 0. The van der Waals surface area contributed by atoms with Gasteiger partial charge in [-0.05, 0) is 25.2 Å². The maximum absolute atomic E-state index is 7.15. The first-order valence-corrected chi connectivity index (χ1v) is 5.49. The fourth-order valence-corrected chi connectivity index (χ4v) is 2.29. The van der Waals surface area contributed by atoms with Crippen molar-refractivity contribution in [3.05, 3.63) is 0 Å². The Labute approximate surface area is 85.9 Å². The summed E-state index contributed by atoms with van der Waals surface area (Å²) in [5.41, 5.74) is 11.3. The van der Waals surface area contributed by atoms with E-state index in [1.165, 1.54) is 19.3 Å². The molecule has 0 radical (unpaired) electrons. The van der Waals surface area contributed by atoms with Crippen molar-refractivity contribution in [3.63, 3.8) is 0 Å².